The number of aromatic nitrogens is 3. The van der Waals surface area contributed by atoms with Crippen LogP contribution in [0.15, 0.2) is 42.9 Å². The predicted molar refractivity (Wildman–Crippen MR) is 88.9 cm³/mol. The van der Waals surface area contributed by atoms with Crippen molar-refractivity contribution in [1.29, 1.82) is 0 Å². The molecule has 5 nitrogen and oxygen atoms in total. The zero-order chi connectivity index (χ0) is 15.2. The van der Waals surface area contributed by atoms with Crippen LogP contribution < -0.4 is 10.2 Å². The van der Waals surface area contributed by atoms with Crippen molar-refractivity contribution in [1.82, 2.24) is 20.1 Å². The van der Waals surface area contributed by atoms with E-state index in [0.717, 1.165) is 31.9 Å². The van der Waals surface area contributed by atoms with E-state index in [-0.39, 0.29) is 0 Å². The van der Waals surface area contributed by atoms with Crippen molar-refractivity contribution in [3.05, 3.63) is 42.9 Å². The number of nitrogens with one attached hydrogen (secondary N) is 1. The number of pyridine rings is 1. The number of hydrogen-bond acceptors (Lipinski definition) is 4. The zero-order valence-corrected chi connectivity index (χ0v) is 13.2. The molecule has 2 atom stereocenters. The lowest BCUT2D eigenvalue weighted by molar-refractivity contribution is 0.360. The molecule has 0 bridgehead atoms. The quantitative estimate of drug-likeness (QED) is 0.889. The molecule has 0 radical (unpaired) electrons. The lowest BCUT2D eigenvalue weighted by Crippen LogP contribution is -2.48. The van der Waals surface area contributed by atoms with Gasteiger partial charge >= 0.3 is 0 Å². The maximum atomic E-state index is 4.47. The Labute approximate surface area is 132 Å². The van der Waals surface area contributed by atoms with Crippen molar-refractivity contribution >= 4 is 5.82 Å². The van der Waals surface area contributed by atoms with Gasteiger partial charge in [0.2, 0.25) is 0 Å². The number of anilines is 1. The third-order valence-electron chi connectivity index (χ3n) is 4.27. The Hall–Kier alpha value is -1.88. The van der Waals surface area contributed by atoms with Gasteiger partial charge in [-0.1, -0.05) is 6.07 Å². The van der Waals surface area contributed by atoms with Gasteiger partial charge < -0.3 is 10.2 Å². The summed E-state index contributed by atoms with van der Waals surface area (Å²) in [7, 11) is 0. The average Bonchev–Trinajstić information content (AvgIpc) is 3.08. The van der Waals surface area contributed by atoms with Crippen LogP contribution in [0, 0.1) is 0 Å². The van der Waals surface area contributed by atoms with Gasteiger partial charge in [0, 0.05) is 50.3 Å². The molecular weight excluding hydrogens is 274 g/mol. The lowest BCUT2D eigenvalue weighted by atomic mass is 10.0. The summed E-state index contributed by atoms with van der Waals surface area (Å²) in [5.74, 6) is 1.10. The van der Waals surface area contributed by atoms with E-state index in [1.54, 1.807) is 0 Å². The molecule has 118 valence electrons. The van der Waals surface area contributed by atoms with Crippen LogP contribution in [0.5, 0.6) is 0 Å². The predicted octanol–water partition coefficient (Wildman–Crippen LogP) is 2.32. The fraction of sp³-hybridized carbons (Fsp3) is 0.529. The molecule has 1 N–H and O–H groups in total. The van der Waals surface area contributed by atoms with E-state index in [2.05, 4.69) is 39.4 Å². The van der Waals surface area contributed by atoms with Gasteiger partial charge in [0.1, 0.15) is 5.82 Å². The second kappa shape index (κ2) is 7.40. The highest BCUT2D eigenvalue weighted by Gasteiger charge is 2.21. The Balaban J connectivity index is 1.47. The topological polar surface area (TPSA) is 46.0 Å². The first-order valence-corrected chi connectivity index (χ1v) is 8.21. The maximum absolute atomic E-state index is 4.47. The third kappa shape index (κ3) is 4.07. The summed E-state index contributed by atoms with van der Waals surface area (Å²) >= 11 is 0. The van der Waals surface area contributed by atoms with Crippen LogP contribution in [0.2, 0.25) is 0 Å². The molecular formula is C17H25N5. The smallest absolute Gasteiger partial charge is 0.128 e. The fourth-order valence-corrected chi connectivity index (χ4v) is 3.11. The van der Waals surface area contributed by atoms with Crippen molar-refractivity contribution in [3.63, 3.8) is 0 Å². The fourth-order valence-electron chi connectivity index (χ4n) is 3.11. The largest absolute Gasteiger partial charge is 0.355 e. The maximum Gasteiger partial charge on any atom is 0.128 e. The van der Waals surface area contributed by atoms with Crippen LogP contribution in [-0.2, 0) is 6.54 Å². The molecule has 0 aromatic carbocycles. The normalized spacial score (nSPS) is 20.0. The van der Waals surface area contributed by atoms with Gasteiger partial charge in [-0.05, 0) is 44.4 Å². The number of nitrogens with zero attached hydrogens (tertiary/aromatic N) is 4. The van der Waals surface area contributed by atoms with Crippen molar-refractivity contribution in [3.8, 4) is 0 Å². The minimum absolute atomic E-state index is 0.498. The van der Waals surface area contributed by atoms with Gasteiger partial charge in [0.15, 0.2) is 0 Å². The summed E-state index contributed by atoms with van der Waals surface area (Å²) < 4.78 is 2.00. The van der Waals surface area contributed by atoms with Gasteiger partial charge in [-0.2, -0.15) is 5.10 Å². The zero-order valence-electron chi connectivity index (χ0n) is 13.2. The number of piperidine rings is 1. The van der Waals surface area contributed by atoms with Crippen LogP contribution in [-0.4, -0.2) is 39.9 Å². The molecule has 2 aromatic rings. The van der Waals surface area contributed by atoms with Crippen LogP contribution in [0.4, 0.5) is 5.82 Å². The van der Waals surface area contributed by atoms with E-state index in [4.69, 9.17) is 0 Å². The van der Waals surface area contributed by atoms with Gasteiger partial charge in [-0.25, -0.2) is 4.98 Å². The van der Waals surface area contributed by atoms with Crippen LogP contribution in [0.1, 0.15) is 26.2 Å². The molecule has 0 amide bonds. The third-order valence-corrected chi connectivity index (χ3v) is 4.27. The molecule has 0 saturated carbocycles. The minimum Gasteiger partial charge on any atom is -0.355 e. The first-order chi connectivity index (χ1) is 10.8. The van der Waals surface area contributed by atoms with Crippen LogP contribution in [0.25, 0.3) is 0 Å². The first-order valence-electron chi connectivity index (χ1n) is 8.21. The number of hydrogen-bond donors (Lipinski definition) is 1. The first kappa shape index (κ1) is 15.0. The second-order valence-electron chi connectivity index (χ2n) is 6.10. The average molecular weight is 299 g/mol. The summed E-state index contributed by atoms with van der Waals surface area (Å²) in [5.41, 5.74) is 0. The summed E-state index contributed by atoms with van der Waals surface area (Å²) in [5, 5.41) is 8.03. The molecule has 5 heteroatoms. The minimum atomic E-state index is 0.498. The molecule has 1 aliphatic heterocycles. The van der Waals surface area contributed by atoms with Crippen molar-refractivity contribution in [2.45, 2.75) is 44.8 Å². The second-order valence-corrected chi connectivity index (χ2v) is 6.10. The van der Waals surface area contributed by atoms with Gasteiger partial charge in [0.05, 0.1) is 0 Å². The standard InChI is InChI=1S/C17H25N5/c1-15(8-13-22-12-5-10-19-22)20-16-6-4-11-21(14-16)17-7-2-3-9-18-17/h2-3,5,7,9-10,12,15-16,20H,4,6,8,11,13-14H2,1H3/t15-,16+/m1/s1. The summed E-state index contributed by atoms with van der Waals surface area (Å²) in [6, 6.07) is 9.15. The number of rotatable bonds is 6. The van der Waals surface area contributed by atoms with Crippen LogP contribution >= 0.6 is 0 Å². The van der Waals surface area contributed by atoms with Crippen LogP contribution in [0.3, 0.4) is 0 Å². The Kier molecular flexibility index (Phi) is 5.06. The van der Waals surface area contributed by atoms with E-state index in [1.807, 2.05) is 35.4 Å². The molecule has 0 aliphatic carbocycles. The van der Waals surface area contributed by atoms with E-state index >= 15 is 0 Å². The molecule has 0 unspecified atom stereocenters. The van der Waals surface area contributed by atoms with E-state index in [1.165, 1.54) is 12.8 Å². The summed E-state index contributed by atoms with van der Waals surface area (Å²) in [4.78, 5) is 6.86. The molecule has 1 aliphatic rings. The molecule has 1 saturated heterocycles. The molecule has 22 heavy (non-hydrogen) atoms. The van der Waals surface area contributed by atoms with Gasteiger partial charge in [-0.3, -0.25) is 4.68 Å². The Morgan fingerprint density at radius 1 is 1.32 bits per heavy atom. The molecule has 0 spiro atoms. The summed E-state index contributed by atoms with van der Waals surface area (Å²) in [6.07, 6.45) is 9.30. The lowest BCUT2D eigenvalue weighted by Gasteiger charge is -2.35. The molecule has 3 rings (SSSR count). The highest BCUT2D eigenvalue weighted by Crippen LogP contribution is 2.17. The Morgan fingerprint density at radius 2 is 2.27 bits per heavy atom. The van der Waals surface area contributed by atoms with Crippen molar-refractivity contribution < 1.29 is 0 Å². The molecule has 2 aromatic heterocycles. The van der Waals surface area contributed by atoms with E-state index in [9.17, 15) is 0 Å². The Morgan fingerprint density at radius 3 is 3.05 bits per heavy atom. The summed E-state index contributed by atoms with van der Waals surface area (Å²) in [6.45, 7) is 5.39. The van der Waals surface area contributed by atoms with Crippen molar-refractivity contribution in [2.75, 3.05) is 18.0 Å². The monoisotopic (exact) mass is 299 g/mol. The SMILES string of the molecule is C[C@H](CCn1cccn1)N[C@H]1CCCN(c2ccccn2)C1. The molecule has 1 fully saturated rings. The van der Waals surface area contributed by atoms with Gasteiger partial charge in [0.25, 0.3) is 0 Å². The highest BCUT2D eigenvalue weighted by molar-refractivity contribution is 5.38. The molecule has 3 heterocycles. The van der Waals surface area contributed by atoms with Crippen molar-refractivity contribution in [2.24, 2.45) is 0 Å². The number of aryl methyl sites for hydroxylation is 1. The van der Waals surface area contributed by atoms with E-state index in [0.29, 0.717) is 12.1 Å². The Bertz CT molecular complexity index is 539. The van der Waals surface area contributed by atoms with E-state index < -0.39 is 0 Å². The van der Waals surface area contributed by atoms with Gasteiger partial charge in [-0.15, -0.1) is 0 Å². The highest BCUT2D eigenvalue weighted by atomic mass is 15.3.